The van der Waals surface area contributed by atoms with Gasteiger partial charge in [-0.3, -0.25) is 14.9 Å². The summed E-state index contributed by atoms with van der Waals surface area (Å²) in [7, 11) is 1.79. The molecule has 0 spiro atoms. The fourth-order valence-electron chi connectivity index (χ4n) is 4.03. The lowest BCUT2D eigenvalue weighted by molar-refractivity contribution is 0.134. The van der Waals surface area contributed by atoms with Crippen LogP contribution in [0.25, 0.3) is 0 Å². The molecule has 28 heavy (non-hydrogen) atoms. The highest BCUT2D eigenvalue weighted by atomic mass is 15.2. The van der Waals surface area contributed by atoms with E-state index in [2.05, 4.69) is 63.6 Å². The van der Waals surface area contributed by atoms with Crippen molar-refractivity contribution >= 4 is 5.96 Å². The molecule has 2 unspecified atom stereocenters. The number of likely N-dealkylation sites (tertiary alicyclic amines) is 1. The molecule has 1 aromatic carbocycles. The number of rotatable bonds is 6. The molecule has 1 fully saturated rings. The van der Waals surface area contributed by atoms with Crippen LogP contribution in [-0.4, -0.2) is 36.0 Å². The first-order valence-electron chi connectivity index (χ1n) is 10.3. The largest absolute Gasteiger partial charge is 0.352 e. The number of aromatic nitrogens is 1. The molecular weight excluding hydrogens is 346 g/mol. The number of guanidine groups is 1. The summed E-state index contributed by atoms with van der Waals surface area (Å²) in [6, 6.07) is 14.9. The number of hydrogen-bond acceptors (Lipinski definition) is 3. The maximum Gasteiger partial charge on any atom is 0.191 e. The first-order chi connectivity index (χ1) is 13.6. The maximum atomic E-state index is 4.32. The van der Waals surface area contributed by atoms with E-state index in [1.54, 1.807) is 13.2 Å². The van der Waals surface area contributed by atoms with Crippen LogP contribution in [0.15, 0.2) is 53.7 Å². The Balaban J connectivity index is 1.45. The Morgan fingerprint density at radius 1 is 1.00 bits per heavy atom. The van der Waals surface area contributed by atoms with E-state index in [1.807, 2.05) is 18.2 Å². The SMILES string of the molecule is CN=C(NCc1ccc(CN2CC(C)CC(C)C2)cc1)NCc1ccccn1. The van der Waals surface area contributed by atoms with Crippen molar-refractivity contribution in [1.29, 1.82) is 0 Å². The van der Waals surface area contributed by atoms with Gasteiger partial charge >= 0.3 is 0 Å². The predicted molar refractivity (Wildman–Crippen MR) is 116 cm³/mol. The molecule has 2 aromatic rings. The van der Waals surface area contributed by atoms with E-state index in [1.165, 1.54) is 30.6 Å². The number of nitrogens with zero attached hydrogens (tertiary/aromatic N) is 3. The number of benzene rings is 1. The number of aliphatic imine (C=N–C) groups is 1. The standard InChI is InChI=1S/C23H33N5/c1-18-12-19(2)16-28(15-18)17-21-9-7-20(8-10-21)13-26-23(24-3)27-14-22-6-4-5-11-25-22/h4-11,18-19H,12-17H2,1-3H3,(H2,24,26,27). The molecule has 0 amide bonds. The molecule has 0 radical (unpaired) electrons. The molecule has 0 saturated carbocycles. The third kappa shape index (κ3) is 6.34. The molecular formula is C23H33N5. The summed E-state index contributed by atoms with van der Waals surface area (Å²) in [4.78, 5) is 11.2. The van der Waals surface area contributed by atoms with Crippen molar-refractivity contribution in [1.82, 2.24) is 20.5 Å². The Labute approximate surface area is 169 Å². The maximum absolute atomic E-state index is 4.32. The highest BCUT2D eigenvalue weighted by molar-refractivity contribution is 5.79. The van der Waals surface area contributed by atoms with E-state index in [0.29, 0.717) is 6.54 Å². The van der Waals surface area contributed by atoms with Gasteiger partial charge in [-0.1, -0.05) is 44.2 Å². The topological polar surface area (TPSA) is 52.6 Å². The molecule has 5 heteroatoms. The van der Waals surface area contributed by atoms with Crippen molar-refractivity contribution < 1.29 is 0 Å². The molecule has 5 nitrogen and oxygen atoms in total. The Hall–Kier alpha value is -2.40. The third-order valence-corrected chi connectivity index (χ3v) is 5.22. The van der Waals surface area contributed by atoms with Crippen LogP contribution in [0.3, 0.4) is 0 Å². The number of pyridine rings is 1. The monoisotopic (exact) mass is 379 g/mol. The van der Waals surface area contributed by atoms with Gasteiger partial charge < -0.3 is 10.6 Å². The van der Waals surface area contributed by atoms with Gasteiger partial charge in [0, 0.05) is 39.4 Å². The van der Waals surface area contributed by atoms with Gasteiger partial charge in [0.25, 0.3) is 0 Å². The predicted octanol–water partition coefficient (Wildman–Crippen LogP) is 3.42. The molecule has 1 aliphatic heterocycles. The first-order valence-corrected chi connectivity index (χ1v) is 10.3. The smallest absolute Gasteiger partial charge is 0.191 e. The van der Waals surface area contributed by atoms with Crippen molar-refractivity contribution in [2.24, 2.45) is 16.8 Å². The molecule has 0 aliphatic carbocycles. The molecule has 2 atom stereocenters. The second-order valence-electron chi connectivity index (χ2n) is 8.06. The van der Waals surface area contributed by atoms with E-state index in [4.69, 9.17) is 0 Å². The minimum atomic E-state index is 0.659. The summed E-state index contributed by atoms with van der Waals surface area (Å²) in [6.45, 7) is 9.62. The highest BCUT2D eigenvalue weighted by Gasteiger charge is 2.21. The Bertz CT molecular complexity index is 731. The quantitative estimate of drug-likeness (QED) is 0.596. The minimum absolute atomic E-state index is 0.659. The van der Waals surface area contributed by atoms with Crippen LogP contribution in [0.1, 0.15) is 37.1 Å². The van der Waals surface area contributed by atoms with Crippen LogP contribution in [-0.2, 0) is 19.6 Å². The van der Waals surface area contributed by atoms with Gasteiger partial charge in [0.15, 0.2) is 5.96 Å². The normalized spacial score (nSPS) is 20.8. The van der Waals surface area contributed by atoms with Gasteiger partial charge in [0.1, 0.15) is 0 Å². The first kappa shape index (κ1) is 20.3. The van der Waals surface area contributed by atoms with E-state index < -0.39 is 0 Å². The zero-order valence-electron chi connectivity index (χ0n) is 17.4. The summed E-state index contributed by atoms with van der Waals surface area (Å²) in [5.74, 6) is 2.39. The Morgan fingerprint density at radius 2 is 1.68 bits per heavy atom. The van der Waals surface area contributed by atoms with Crippen LogP contribution < -0.4 is 10.6 Å². The van der Waals surface area contributed by atoms with Crippen molar-refractivity contribution in [3.05, 3.63) is 65.5 Å². The van der Waals surface area contributed by atoms with Gasteiger partial charge in [-0.15, -0.1) is 0 Å². The Kier molecular flexibility index (Phi) is 7.43. The van der Waals surface area contributed by atoms with Gasteiger partial charge in [0.2, 0.25) is 0 Å². The van der Waals surface area contributed by atoms with Crippen LogP contribution in [0.4, 0.5) is 0 Å². The second-order valence-corrected chi connectivity index (χ2v) is 8.06. The van der Waals surface area contributed by atoms with Gasteiger partial charge in [-0.25, -0.2) is 0 Å². The van der Waals surface area contributed by atoms with Gasteiger partial charge in [-0.05, 0) is 41.5 Å². The van der Waals surface area contributed by atoms with Crippen molar-refractivity contribution in [3.63, 3.8) is 0 Å². The lowest BCUT2D eigenvalue weighted by Gasteiger charge is -2.35. The lowest BCUT2D eigenvalue weighted by Crippen LogP contribution is -2.38. The third-order valence-electron chi connectivity index (χ3n) is 5.22. The lowest BCUT2D eigenvalue weighted by atomic mass is 9.91. The molecule has 2 N–H and O–H groups in total. The summed E-state index contributed by atoms with van der Waals surface area (Å²) < 4.78 is 0. The summed E-state index contributed by atoms with van der Waals surface area (Å²) in [5.41, 5.74) is 3.64. The van der Waals surface area contributed by atoms with Crippen molar-refractivity contribution in [2.75, 3.05) is 20.1 Å². The van der Waals surface area contributed by atoms with E-state index >= 15 is 0 Å². The fourth-order valence-corrected chi connectivity index (χ4v) is 4.03. The summed E-state index contributed by atoms with van der Waals surface area (Å²) in [6.07, 6.45) is 3.16. The number of hydrogen-bond donors (Lipinski definition) is 2. The van der Waals surface area contributed by atoms with E-state index in [0.717, 1.165) is 36.6 Å². The average Bonchev–Trinajstić information content (AvgIpc) is 2.69. The molecule has 1 aromatic heterocycles. The van der Waals surface area contributed by atoms with E-state index in [-0.39, 0.29) is 0 Å². The molecule has 1 aliphatic rings. The van der Waals surface area contributed by atoms with Crippen LogP contribution in [0, 0.1) is 11.8 Å². The minimum Gasteiger partial charge on any atom is -0.352 e. The number of nitrogens with one attached hydrogen (secondary N) is 2. The molecule has 3 rings (SSSR count). The molecule has 1 saturated heterocycles. The van der Waals surface area contributed by atoms with Gasteiger partial charge in [0.05, 0.1) is 12.2 Å². The molecule has 150 valence electrons. The summed E-state index contributed by atoms with van der Waals surface area (Å²) in [5, 5.41) is 6.67. The van der Waals surface area contributed by atoms with Crippen LogP contribution in [0.2, 0.25) is 0 Å². The number of piperidine rings is 1. The summed E-state index contributed by atoms with van der Waals surface area (Å²) >= 11 is 0. The van der Waals surface area contributed by atoms with Crippen LogP contribution in [0.5, 0.6) is 0 Å². The van der Waals surface area contributed by atoms with Crippen molar-refractivity contribution in [3.8, 4) is 0 Å². The van der Waals surface area contributed by atoms with Gasteiger partial charge in [-0.2, -0.15) is 0 Å². The molecule has 0 bridgehead atoms. The highest BCUT2D eigenvalue weighted by Crippen LogP contribution is 2.22. The second kappa shape index (κ2) is 10.2. The average molecular weight is 380 g/mol. The zero-order chi connectivity index (χ0) is 19.8. The van der Waals surface area contributed by atoms with Crippen molar-refractivity contribution in [2.45, 2.75) is 39.9 Å². The van der Waals surface area contributed by atoms with E-state index in [9.17, 15) is 0 Å². The fraction of sp³-hybridized carbons (Fsp3) is 0.478. The Morgan fingerprint density at radius 3 is 2.32 bits per heavy atom. The zero-order valence-corrected chi connectivity index (χ0v) is 17.4. The van der Waals surface area contributed by atoms with Crippen LogP contribution >= 0.6 is 0 Å². The molecule has 2 heterocycles.